The van der Waals surface area contributed by atoms with Crippen LogP contribution in [0.5, 0.6) is 5.75 Å². The number of benzene rings is 1. The Labute approximate surface area is 83.3 Å². The SMILES string of the molecule is CCOC(=O)[CH]Cc1ccc(O)cc1. The second kappa shape index (κ2) is 5.27. The van der Waals surface area contributed by atoms with Crippen LogP contribution in [0.2, 0.25) is 0 Å². The highest BCUT2D eigenvalue weighted by atomic mass is 16.5. The van der Waals surface area contributed by atoms with Crippen molar-refractivity contribution < 1.29 is 14.6 Å². The standard InChI is InChI=1S/C11H13O3/c1-2-14-11(13)8-5-9-3-6-10(12)7-4-9/h3-4,6-8,12H,2,5H2,1H3. The van der Waals surface area contributed by atoms with Crippen molar-refractivity contribution in [3.05, 3.63) is 36.2 Å². The lowest BCUT2D eigenvalue weighted by atomic mass is 10.1. The highest BCUT2D eigenvalue weighted by Crippen LogP contribution is 2.10. The Balaban J connectivity index is 2.38. The number of rotatable bonds is 4. The number of carbonyl (C=O) groups excluding carboxylic acids is 1. The average Bonchev–Trinajstić information content (AvgIpc) is 2.17. The molecule has 0 aliphatic carbocycles. The van der Waals surface area contributed by atoms with Gasteiger partial charge in [-0.3, -0.25) is 4.79 Å². The van der Waals surface area contributed by atoms with Crippen LogP contribution < -0.4 is 0 Å². The Hall–Kier alpha value is -1.51. The first-order valence-electron chi connectivity index (χ1n) is 4.50. The van der Waals surface area contributed by atoms with E-state index in [1.807, 2.05) is 0 Å². The molecule has 0 atom stereocenters. The maximum Gasteiger partial charge on any atom is 0.310 e. The molecule has 14 heavy (non-hydrogen) atoms. The summed E-state index contributed by atoms with van der Waals surface area (Å²) in [5.74, 6) is -0.0783. The third-order valence-corrected chi connectivity index (χ3v) is 1.73. The molecule has 0 saturated heterocycles. The molecule has 0 saturated carbocycles. The van der Waals surface area contributed by atoms with Gasteiger partial charge in [-0.1, -0.05) is 12.1 Å². The molecule has 1 N–H and O–H groups in total. The minimum absolute atomic E-state index is 0.227. The van der Waals surface area contributed by atoms with Crippen molar-refractivity contribution in [2.45, 2.75) is 13.3 Å². The van der Waals surface area contributed by atoms with Crippen LogP contribution in [-0.2, 0) is 16.0 Å². The maximum atomic E-state index is 11.0. The molecule has 0 aliphatic rings. The van der Waals surface area contributed by atoms with Crippen molar-refractivity contribution in [2.75, 3.05) is 6.61 Å². The van der Waals surface area contributed by atoms with Crippen molar-refractivity contribution in [3.63, 3.8) is 0 Å². The highest BCUT2D eigenvalue weighted by Gasteiger charge is 2.02. The summed E-state index contributed by atoms with van der Waals surface area (Å²) in [4.78, 5) is 11.0. The second-order valence-electron chi connectivity index (χ2n) is 2.83. The van der Waals surface area contributed by atoms with Crippen LogP contribution in [-0.4, -0.2) is 17.7 Å². The van der Waals surface area contributed by atoms with E-state index < -0.39 is 0 Å². The summed E-state index contributed by atoms with van der Waals surface area (Å²) in [6, 6.07) is 6.72. The van der Waals surface area contributed by atoms with Gasteiger partial charge in [0.25, 0.3) is 0 Å². The van der Waals surface area contributed by atoms with Gasteiger partial charge in [-0.2, -0.15) is 0 Å². The third-order valence-electron chi connectivity index (χ3n) is 1.73. The fourth-order valence-electron chi connectivity index (χ4n) is 1.03. The number of phenols is 1. The molecule has 0 bridgehead atoms. The monoisotopic (exact) mass is 193 g/mol. The minimum Gasteiger partial charge on any atom is -0.508 e. The molecule has 1 aromatic rings. The van der Waals surface area contributed by atoms with Crippen LogP contribution >= 0.6 is 0 Å². The zero-order valence-electron chi connectivity index (χ0n) is 8.06. The van der Waals surface area contributed by atoms with Gasteiger partial charge in [0, 0.05) is 0 Å². The van der Waals surface area contributed by atoms with Gasteiger partial charge in [-0.15, -0.1) is 0 Å². The smallest absolute Gasteiger partial charge is 0.310 e. The van der Waals surface area contributed by atoms with Crippen molar-refractivity contribution in [1.82, 2.24) is 0 Å². The van der Waals surface area contributed by atoms with Crippen molar-refractivity contribution in [3.8, 4) is 5.75 Å². The molecular weight excluding hydrogens is 180 g/mol. The quantitative estimate of drug-likeness (QED) is 0.740. The van der Waals surface area contributed by atoms with Crippen molar-refractivity contribution in [2.24, 2.45) is 0 Å². The fraction of sp³-hybridized carbons (Fsp3) is 0.273. The molecule has 0 heterocycles. The Kier molecular flexibility index (Phi) is 3.98. The Morgan fingerprint density at radius 2 is 2.07 bits per heavy atom. The van der Waals surface area contributed by atoms with Gasteiger partial charge in [-0.25, -0.2) is 0 Å². The number of aromatic hydroxyl groups is 1. The molecule has 1 aromatic carbocycles. The van der Waals surface area contributed by atoms with Gasteiger partial charge >= 0.3 is 5.97 Å². The van der Waals surface area contributed by atoms with Crippen molar-refractivity contribution in [1.29, 1.82) is 0 Å². The zero-order valence-corrected chi connectivity index (χ0v) is 8.06. The number of esters is 1. The van der Waals surface area contributed by atoms with E-state index in [1.54, 1.807) is 31.2 Å². The Morgan fingerprint density at radius 1 is 1.43 bits per heavy atom. The van der Waals surface area contributed by atoms with Gasteiger partial charge in [0.1, 0.15) is 5.75 Å². The maximum absolute atomic E-state index is 11.0. The van der Waals surface area contributed by atoms with E-state index in [0.29, 0.717) is 13.0 Å². The molecule has 75 valence electrons. The number of phenolic OH excluding ortho intramolecular Hbond substituents is 1. The van der Waals surface area contributed by atoms with E-state index >= 15 is 0 Å². The minimum atomic E-state index is -0.305. The second-order valence-corrected chi connectivity index (χ2v) is 2.83. The molecule has 0 fully saturated rings. The summed E-state index contributed by atoms with van der Waals surface area (Å²) in [6.07, 6.45) is 2.01. The van der Waals surface area contributed by atoms with E-state index in [-0.39, 0.29) is 11.7 Å². The summed E-state index contributed by atoms with van der Waals surface area (Å²) in [7, 11) is 0. The summed E-state index contributed by atoms with van der Waals surface area (Å²) in [5.41, 5.74) is 0.968. The van der Waals surface area contributed by atoms with Gasteiger partial charge < -0.3 is 9.84 Å². The normalized spacial score (nSPS) is 9.79. The molecular formula is C11H13O3. The topological polar surface area (TPSA) is 46.5 Å². The fourth-order valence-corrected chi connectivity index (χ4v) is 1.03. The van der Waals surface area contributed by atoms with Crippen LogP contribution in [0.25, 0.3) is 0 Å². The van der Waals surface area contributed by atoms with E-state index in [0.717, 1.165) is 5.56 Å². The van der Waals surface area contributed by atoms with Crippen LogP contribution in [0.15, 0.2) is 24.3 Å². The molecule has 0 spiro atoms. The molecule has 0 amide bonds. The van der Waals surface area contributed by atoms with Gasteiger partial charge in [0.05, 0.1) is 13.0 Å². The first-order valence-corrected chi connectivity index (χ1v) is 4.50. The zero-order chi connectivity index (χ0) is 10.4. The molecule has 0 aromatic heterocycles. The predicted molar refractivity (Wildman–Crippen MR) is 52.7 cm³/mol. The molecule has 3 nitrogen and oxygen atoms in total. The van der Waals surface area contributed by atoms with Crippen LogP contribution in [0.3, 0.4) is 0 Å². The molecule has 0 aliphatic heterocycles. The number of hydrogen-bond donors (Lipinski definition) is 1. The average molecular weight is 193 g/mol. The van der Waals surface area contributed by atoms with E-state index in [4.69, 9.17) is 9.84 Å². The Morgan fingerprint density at radius 3 is 2.64 bits per heavy atom. The van der Waals surface area contributed by atoms with E-state index in [2.05, 4.69) is 0 Å². The third kappa shape index (κ3) is 3.47. The highest BCUT2D eigenvalue weighted by molar-refractivity contribution is 5.79. The van der Waals surface area contributed by atoms with Crippen LogP contribution in [0, 0.1) is 6.42 Å². The summed E-state index contributed by atoms with van der Waals surface area (Å²) in [5, 5.41) is 9.02. The Bertz CT molecular complexity index is 290. The van der Waals surface area contributed by atoms with E-state index in [9.17, 15) is 4.79 Å². The summed E-state index contributed by atoms with van der Waals surface area (Å²) >= 11 is 0. The largest absolute Gasteiger partial charge is 0.508 e. The lowest BCUT2D eigenvalue weighted by molar-refractivity contribution is -0.139. The van der Waals surface area contributed by atoms with Gasteiger partial charge in [0.2, 0.25) is 0 Å². The number of hydrogen-bond acceptors (Lipinski definition) is 3. The first kappa shape index (κ1) is 10.6. The first-order chi connectivity index (χ1) is 6.72. The predicted octanol–water partition coefficient (Wildman–Crippen LogP) is 1.70. The summed E-state index contributed by atoms with van der Waals surface area (Å²) < 4.78 is 4.74. The van der Waals surface area contributed by atoms with Crippen LogP contribution in [0.1, 0.15) is 12.5 Å². The van der Waals surface area contributed by atoms with Crippen LogP contribution in [0.4, 0.5) is 0 Å². The number of carbonyl (C=O) groups is 1. The molecule has 1 radical (unpaired) electrons. The lowest BCUT2D eigenvalue weighted by Crippen LogP contribution is -2.05. The lowest BCUT2D eigenvalue weighted by Gasteiger charge is -2.01. The van der Waals surface area contributed by atoms with Gasteiger partial charge in [0.15, 0.2) is 0 Å². The van der Waals surface area contributed by atoms with E-state index in [1.165, 1.54) is 6.42 Å². The number of ether oxygens (including phenoxy) is 1. The van der Waals surface area contributed by atoms with Gasteiger partial charge in [-0.05, 0) is 31.0 Å². The van der Waals surface area contributed by atoms with Crippen molar-refractivity contribution >= 4 is 5.97 Å². The molecule has 1 rings (SSSR count). The molecule has 3 heteroatoms. The summed E-state index contributed by atoms with van der Waals surface area (Å²) in [6.45, 7) is 2.16. The molecule has 0 unspecified atom stereocenters.